The quantitative estimate of drug-likeness (QED) is 0.190. The lowest BCUT2D eigenvalue weighted by Gasteiger charge is -2.49. The van der Waals surface area contributed by atoms with Crippen LogP contribution in [0.2, 0.25) is 0 Å². The Hall–Kier alpha value is 7.82. The minimum atomic E-state index is -4.23. The van der Waals surface area contributed by atoms with Gasteiger partial charge in [0, 0.05) is 6.42 Å². The van der Waals surface area contributed by atoms with E-state index in [9.17, 15) is 13.2 Å². The lowest BCUT2D eigenvalue weighted by molar-refractivity contribution is -0.130. The minimum absolute atomic E-state index is 0.0331. The van der Waals surface area contributed by atoms with Gasteiger partial charge in [0.1, 0.15) is 3.72 Å². The highest BCUT2D eigenvalue weighted by atomic mass is 127. The van der Waals surface area contributed by atoms with Crippen molar-refractivity contribution in [3.05, 3.63) is 0 Å². The summed E-state index contributed by atoms with van der Waals surface area (Å²) in [6, 6.07) is 0. The van der Waals surface area contributed by atoms with Gasteiger partial charge in [-0.25, -0.2) is 0 Å². The standard InChI is InChI=1S/C7H2F3I11/c8-6(9,10)3(13,14)1-2(11,12)4(15,16)5(17,18)7(19,20)21/h1H2. The third-order valence-electron chi connectivity index (χ3n) is 2.07. The topological polar surface area (TPSA) is 0 Å². The molecule has 0 aromatic rings. The highest BCUT2D eigenvalue weighted by Crippen LogP contribution is 2.72. The molecule has 0 atom stereocenters. The maximum atomic E-state index is 13.2. The molecule has 0 aliphatic heterocycles. The summed E-state index contributed by atoms with van der Waals surface area (Å²) in [6.07, 6.45) is -4.19. The van der Waals surface area contributed by atoms with Crippen molar-refractivity contribution in [2.45, 2.75) is 17.7 Å². The van der Waals surface area contributed by atoms with Gasteiger partial charge in [0.15, 0.2) is 1.43 Å². The van der Waals surface area contributed by atoms with E-state index < -0.39 is 10.5 Å². The zero-order valence-electron chi connectivity index (χ0n) is 9.00. The van der Waals surface area contributed by atoms with Gasteiger partial charge in [-0.2, -0.15) is 13.2 Å². The molecular weight excluding hydrogens is 1540 g/mol. The Kier molecular flexibility index (Phi) is 13.7. The molecule has 128 valence electrons. The maximum Gasteiger partial charge on any atom is 0.412 e. The van der Waals surface area contributed by atoms with Gasteiger partial charge in [0.05, 0.1) is 0 Å². The third-order valence-corrected chi connectivity index (χ3v) is 30.0. The van der Waals surface area contributed by atoms with Crippen molar-refractivity contribution in [3.8, 4) is 0 Å². The molecule has 0 N–H and O–H groups in total. The number of hydrogen-bond acceptors (Lipinski definition) is 0. The third kappa shape index (κ3) is 7.47. The first-order chi connectivity index (χ1) is 8.71. The van der Waals surface area contributed by atoms with E-state index in [-0.39, 0.29) is 7.28 Å². The zero-order valence-corrected chi connectivity index (χ0v) is 32.7. The summed E-state index contributed by atoms with van der Waals surface area (Å²) in [5.41, 5.74) is 0. The van der Waals surface area contributed by atoms with Crippen molar-refractivity contribution in [3.63, 3.8) is 0 Å². The van der Waals surface area contributed by atoms with E-state index in [2.05, 4.69) is 203 Å². The molecule has 0 rings (SSSR count). The van der Waals surface area contributed by atoms with Gasteiger partial charge in [0.2, 0.25) is 0 Å². The van der Waals surface area contributed by atoms with E-state index in [1.165, 1.54) is 45.2 Å². The molecule has 0 amide bonds. The Morgan fingerprint density at radius 2 is 0.857 bits per heavy atom. The van der Waals surface area contributed by atoms with Gasteiger partial charge in [0.25, 0.3) is 0 Å². The molecule has 0 saturated heterocycles. The normalized spacial score (nSPS) is 16.3. The zero-order chi connectivity index (χ0) is 17.7. The molecule has 0 heterocycles. The summed E-state index contributed by atoms with van der Waals surface area (Å²) in [5.74, 6) is 0. The molecule has 0 aliphatic rings. The van der Waals surface area contributed by atoms with Crippen LogP contribution in [0, 0.1) is 0 Å². The summed E-state index contributed by atoms with van der Waals surface area (Å²) in [5, 5.41) is 0. The van der Waals surface area contributed by atoms with Crippen LogP contribution in [0.4, 0.5) is 13.2 Å². The first-order valence-electron chi connectivity index (χ1n) is 4.35. The van der Waals surface area contributed by atoms with Gasteiger partial charge in [-0.3, -0.25) is 0 Å². The fourth-order valence-corrected chi connectivity index (χ4v) is 15.4. The van der Waals surface area contributed by atoms with E-state index in [0.29, 0.717) is 0 Å². The molecule has 0 fully saturated rings. The molecule has 0 aromatic heterocycles. The molecule has 21 heavy (non-hydrogen) atoms. The first-order valence-corrected chi connectivity index (χ1v) is 16.2. The second-order valence-corrected chi connectivity index (χ2v) is 36.9. The Morgan fingerprint density at radius 1 is 0.524 bits per heavy atom. The van der Waals surface area contributed by atoms with Crippen LogP contribution < -0.4 is 0 Å². The van der Waals surface area contributed by atoms with E-state index in [1.807, 2.05) is 0 Å². The minimum Gasteiger partial charge on any atom is -0.169 e. The maximum absolute atomic E-state index is 13.2. The van der Waals surface area contributed by atoms with Gasteiger partial charge in [-0.1, -0.05) is 248 Å². The largest absolute Gasteiger partial charge is 0.412 e. The summed E-state index contributed by atoms with van der Waals surface area (Å²) >= 11 is 23.9. The molecule has 0 unspecified atom stereocenters. The van der Waals surface area contributed by atoms with E-state index in [0.717, 1.165) is 0 Å². The number of hydrogen-bond donors (Lipinski definition) is 0. The van der Waals surface area contributed by atoms with Crippen molar-refractivity contribution in [2.75, 3.05) is 0 Å². The molecule has 0 aliphatic carbocycles. The lowest BCUT2D eigenvalue weighted by atomic mass is 10.1. The second kappa shape index (κ2) is 9.96. The Morgan fingerprint density at radius 3 is 1.10 bits per heavy atom. The molecule has 0 nitrogen and oxygen atoms in total. The van der Waals surface area contributed by atoms with Gasteiger partial charge in [-0.15, -0.1) is 0 Å². The summed E-state index contributed by atoms with van der Waals surface area (Å²) in [4.78, 5) is 0. The summed E-state index contributed by atoms with van der Waals surface area (Å²) in [6.45, 7) is 0. The van der Waals surface area contributed by atoms with Crippen molar-refractivity contribution in [2.24, 2.45) is 0 Å². The predicted molar refractivity (Wildman–Crippen MR) is 179 cm³/mol. The highest BCUT2D eigenvalue weighted by molar-refractivity contribution is 14.3. The molecule has 0 radical (unpaired) electrons. The van der Waals surface area contributed by atoms with Crippen molar-refractivity contribution >= 4 is 248 Å². The lowest BCUT2D eigenvalue weighted by Crippen LogP contribution is -2.55. The highest BCUT2D eigenvalue weighted by Gasteiger charge is 2.67. The monoisotopic (exact) mass is 1540 g/mol. The SMILES string of the molecule is FC(F)(F)C(I)(I)CC(I)(I)C(I)(I)C(I)(I)C(I)(I)I. The first kappa shape index (κ1) is 28.8. The molecule has 0 bridgehead atoms. The number of rotatable bonds is 5. The van der Waals surface area contributed by atoms with Crippen LogP contribution in [-0.2, 0) is 0 Å². The average molecular weight is 1540 g/mol. The average Bonchev–Trinajstić information content (AvgIpc) is 2.11. The number of alkyl halides is 14. The molecule has 0 aromatic carbocycles. The van der Waals surface area contributed by atoms with Crippen LogP contribution >= 0.6 is 248 Å². The van der Waals surface area contributed by atoms with Gasteiger partial charge < -0.3 is 0 Å². The Labute approximate surface area is 271 Å². The molecule has 14 heteroatoms. The van der Waals surface area contributed by atoms with Crippen LogP contribution in [0.1, 0.15) is 6.42 Å². The van der Waals surface area contributed by atoms with Gasteiger partial charge in [-0.05, 0) is 0 Å². The van der Waals surface area contributed by atoms with Crippen LogP contribution in [0.15, 0.2) is 0 Å². The van der Waals surface area contributed by atoms with E-state index >= 15 is 0 Å². The predicted octanol–water partition coefficient (Wildman–Crippen LogP) is 10.2. The van der Waals surface area contributed by atoms with Crippen molar-refractivity contribution in [1.82, 2.24) is 0 Å². The van der Waals surface area contributed by atoms with Crippen molar-refractivity contribution < 1.29 is 13.2 Å². The van der Waals surface area contributed by atoms with Crippen LogP contribution in [0.25, 0.3) is 0 Å². The van der Waals surface area contributed by atoms with Crippen LogP contribution in [-0.4, -0.2) is 11.3 Å². The molecule has 0 saturated carbocycles. The van der Waals surface area contributed by atoms with Crippen LogP contribution in [0.3, 0.4) is 0 Å². The fraction of sp³-hybridized carbons (Fsp3) is 1.00. The van der Waals surface area contributed by atoms with E-state index in [4.69, 9.17) is 0 Å². The molecule has 0 spiro atoms. The summed E-state index contributed by atoms with van der Waals surface area (Å²) < 4.78 is 36.6. The van der Waals surface area contributed by atoms with Crippen molar-refractivity contribution in [1.29, 1.82) is 0 Å². The van der Waals surface area contributed by atoms with Crippen LogP contribution in [0.5, 0.6) is 0 Å². The smallest absolute Gasteiger partial charge is 0.169 e. The Balaban J connectivity index is 5.71. The van der Waals surface area contributed by atoms with Gasteiger partial charge >= 0.3 is 6.18 Å². The summed E-state index contributed by atoms with van der Waals surface area (Å²) in [7, 11) is 0. The second-order valence-electron chi connectivity index (χ2n) is 3.73. The fourth-order valence-electron chi connectivity index (χ4n) is 0.898. The number of halogens is 14. The Bertz CT molecular complexity index is 380. The van der Waals surface area contributed by atoms with E-state index in [1.54, 1.807) is 0 Å². The molecular formula is C7H2F3I11.